The van der Waals surface area contributed by atoms with Crippen molar-refractivity contribution in [3.8, 4) is 0 Å². The van der Waals surface area contributed by atoms with Crippen LogP contribution in [-0.2, 0) is 0 Å². The molecule has 0 aliphatic carbocycles. The summed E-state index contributed by atoms with van der Waals surface area (Å²) in [5.41, 5.74) is 0. The maximum atomic E-state index is 2.51. The smallest absolute Gasteiger partial charge is 0.0109 e. The average Bonchev–Trinajstić information content (AvgIpc) is 2.59. The van der Waals surface area contributed by atoms with Crippen molar-refractivity contribution in [1.29, 1.82) is 0 Å². The third-order valence-electron chi connectivity index (χ3n) is 5.95. The van der Waals surface area contributed by atoms with Crippen LogP contribution in [-0.4, -0.2) is 124 Å². The quantitative estimate of drug-likeness (QED) is 0.437. The Morgan fingerprint density at radius 2 is 0.808 bits per heavy atom. The standard InChI is InChI=1S/C21H49N5/c1-19(2)24(8)12-11-21(5)26(10)18-16-23(7)14-13-22(6)15-17-25(9)20(3)4/h19-21H,11-18H2,1-10H3. The van der Waals surface area contributed by atoms with Gasteiger partial charge in [0.15, 0.2) is 0 Å². The van der Waals surface area contributed by atoms with Crippen molar-refractivity contribution in [2.24, 2.45) is 0 Å². The third kappa shape index (κ3) is 12.2. The Balaban J connectivity index is 3.90. The number of likely N-dealkylation sites (N-methyl/N-ethyl adjacent to an activating group) is 4. The van der Waals surface area contributed by atoms with Crippen LogP contribution in [0.2, 0.25) is 0 Å². The topological polar surface area (TPSA) is 16.2 Å². The van der Waals surface area contributed by atoms with Crippen LogP contribution in [0.1, 0.15) is 41.0 Å². The van der Waals surface area contributed by atoms with E-state index in [1.165, 1.54) is 13.0 Å². The Bertz CT molecular complexity index is 334. The van der Waals surface area contributed by atoms with Crippen LogP contribution in [0.4, 0.5) is 0 Å². The molecule has 0 heterocycles. The fourth-order valence-corrected chi connectivity index (χ4v) is 2.57. The highest BCUT2D eigenvalue weighted by Gasteiger charge is 2.12. The minimum atomic E-state index is 0.629. The molecule has 1 atom stereocenters. The van der Waals surface area contributed by atoms with E-state index < -0.39 is 0 Å². The number of nitrogens with zero attached hydrogens (tertiary/aromatic N) is 5. The summed E-state index contributed by atoms with van der Waals surface area (Å²) in [5.74, 6) is 0. The van der Waals surface area contributed by atoms with Crippen LogP contribution >= 0.6 is 0 Å². The van der Waals surface area contributed by atoms with Crippen LogP contribution < -0.4 is 0 Å². The van der Waals surface area contributed by atoms with E-state index in [0.717, 1.165) is 39.3 Å². The molecule has 0 spiro atoms. The highest BCUT2D eigenvalue weighted by atomic mass is 15.2. The maximum Gasteiger partial charge on any atom is 0.0109 e. The van der Waals surface area contributed by atoms with Gasteiger partial charge in [-0.05, 0) is 82.8 Å². The molecule has 5 heteroatoms. The lowest BCUT2D eigenvalue weighted by molar-refractivity contribution is 0.173. The molecule has 0 aromatic carbocycles. The highest BCUT2D eigenvalue weighted by Crippen LogP contribution is 2.04. The average molecular weight is 372 g/mol. The van der Waals surface area contributed by atoms with Crippen molar-refractivity contribution in [2.45, 2.75) is 59.2 Å². The number of hydrogen-bond acceptors (Lipinski definition) is 5. The van der Waals surface area contributed by atoms with Crippen molar-refractivity contribution in [3.05, 3.63) is 0 Å². The molecule has 0 N–H and O–H groups in total. The van der Waals surface area contributed by atoms with Gasteiger partial charge in [-0.15, -0.1) is 0 Å². The summed E-state index contributed by atoms with van der Waals surface area (Å²) in [4.78, 5) is 12.3. The predicted molar refractivity (Wildman–Crippen MR) is 117 cm³/mol. The summed E-state index contributed by atoms with van der Waals surface area (Å²) in [6.07, 6.45) is 1.24. The van der Waals surface area contributed by atoms with Gasteiger partial charge in [0.05, 0.1) is 0 Å². The Kier molecular flexibility index (Phi) is 13.8. The molecule has 0 radical (unpaired) electrons. The first-order valence-electron chi connectivity index (χ1n) is 10.5. The normalized spacial score (nSPS) is 14.2. The molecule has 0 bridgehead atoms. The van der Waals surface area contributed by atoms with Crippen molar-refractivity contribution < 1.29 is 0 Å². The zero-order valence-electron chi connectivity index (χ0n) is 19.6. The van der Waals surface area contributed by atoms with E-state index in [-0.39, 0.29) is 0 Å². The van der Waals surface area contributed by atoms with Crippen LogP contribution in [0.15, 0.2) is 0 Å². The summed E-state index contributed by atoms with van der Waals surface area (Å²) >= 11 is 0. The lowest BCUT2D eigenvalue weighted by Crippen LogP contribution is -2.41. The molecule has 0 amide bonds. The summed E-state index contributed by atoms with van der Waals surface area (Å²) in [6.45, 7) is 19.4. The zero-order valence-corrected chi connectivity index (χ0v) is 19.6. The Hall–Kier alpha value is -0.200. The Labute approximate surface area is 165 Å². The van der Waals surface area contributed by atoms with Gasteiger partial charge >= 0.3 is 0 Å². The summed E-state index contributed by atoms with van der Waals surface area (Å²) in [6, 6.07) is 1.90. The second kappa shape index (κ2) is 13.9. The van der Waals surface area contributed by atoms with E-state index in [1.807, 2.05) is 0 Å². The molecule has 1 unspecified atom stereocenters. The lowest BCUT2D eigenvalue weighted by atomic mass is 10.2. The second-order valence-corrected chi connectivity index (χ2v) is 8.87. The van der Waals surface area contributed by atoms with Gasteiger partial charge in [-0.1, -0.05) is 0 Å². The van der Waals surface area contributed by atoms with Gasteiger partial charge in [0.2, 0.25) is 0 Å². The van der Waals surface area contributed by atoms with Gasteiger partial charge in [0.25, 0.3) is 0 Å². The Morgan fingerprint density at radius 3 is 1.23 bits per heavy atom. The molecule has 0 aliphatic rings. The van der Waals surface area contributed by atoms with Crippen LogP contribution in [0, 0.1) is 0 Å². The number of rotatable bonds is 15. The summed E-state index contributed by atoms with van der Waals surface area (Å²) in [5, 5.41) is 0. The van der Waals surface area contributed by atoms with Gasteiger partial charge in [-0.2, -0.15) is 0 Å². The van der Waals surface area contributed by atoms with Crippen molar-refractivity contribution in [1.82, 2.24) is 24.5 Å². The van der Waals surface area contributed by atoms with Crippen molar-refractivity contribution in [3.63, 3.8) is 0 Å². The fourth-order valence-electron chi connectivity index (χ4n) is 2.57. The van der Waals surface area contributed by atoms with E-state index in [0.29, 0.717) is 18.1 Å². The van der Waals surface area contributed by atoms with E-state index in [9.17, 15) is 0 Å². The van der Waals surface area contributed by atoms with Crippen molar-refractivity contribution in [2.75, 3.05) is 81.1 Å². The molecule has 0 aromatic heterocycles. The molecule has 0 saturated heterocycles. The zero-order chi connectivity index (χ0) is 20.3. The first-order chi connectivity index (χ1) is 12.0. The molecule has 0 aliphatic heterocycles. The van der Waals surface area contributed by atoms with E-state index >= 15 is 0 Å². The van der Waals surface area contributed by atoms with Gasteiger partial charge in [0.1, 0.15) is 0 Å². The third-order valence-corrected chi connectivity index (χ3v) is 5.95. The molecule has 0 aromatic rings. The van der Waals surface area contributed by atoms with Crippen LogP contribution in [0.3, 0.4) is 0 Å². The van der Waals surface area contributed by atoms with E-state index in [4.69, 9.17) is 0 Å². The Morgan fingerprint density at radius 1 is 0.462 bits per heavy atom. The van der Waals surface area contributed by atoms with Gasteiger partial charge in [0, 0.05) is 57.4 Å². The molecule has 26 heavy (non-hydrogen) atoms. The highest BCUT2D eigenvalue weighted by molar-refractivity contribution is 4.69. The van der Waals surface area contributed by atoms with Gasteiger partial charge in [-0.3, -0.25) is 0 Å². The summed E-state index contributed by atoms with van der Waals surface area (Å²) < 4.78 is 0. The van der Waals surface area contributed by atoms with Gasteiger partial charge in [-0.25, -0.2) is 0 Å². The van der Waals surface area contributed by atoms with Crippen molar-refractivity contribution >= 4 is 0 Å². The monoisotopic (exact) mass is 371 g/mol. The molecule has 158 valence electrons. The largest absolute Gasteiger partial charge is 0.304 e. The lowest BCUT2D eigenvalue weighted by Gasteiger charge is -2.30. The molecule has 5 nitrogen and oxygen atoms in total. The molecular formula is C21H49N5. The molecule has 0 saturated carbocycles. The van der Waals surface area contributed by atoms with Gasteiger partial charge < -0.3 is 24.5 Å². The molecule has 0 rings (SSSR count). The minimum Gasteiger partial charge on any atom is -0.304 e. The first-order valence-corrected chi connectivity index (χ1v) is 10.5. The first kappa shape index (κ1) is 25.8. The maximum absolute atomic E-state index is 2.51. The predicted octanol–water partition coefficient (Wildman–Crippen LogP) is 2.24. The minimum absolute atomic E-state index is 0.629. The second-order valence-electron chi connectivity index (χ2n) is 8.87. The van der Waals surface area contributed by atoms with Crippen LogP contribution in [0.5, 0.6) is 0 Å². The fraction of sp³-hybridized carbons (Fsp3) is 1.00. The number of hydrogen-bond donors (Lipinski definition) is 0. The molecular weight excluding hydrogens is 322 g/mol. The molecule has 0 fully saturated rings. The van der Waals surface area contributed by atoms with E-state index in [1.54, 1.807) is 0 Å². The summed E-state index contributed by atoms with van der Waals surface area (Å²) in [7, 11) is 11.2. The SMILES string of the molecule is CC(C)N(C)CCC(C)N(C)CCN(C)CCN(C)CCN(C)C(C)C. The van der Waals surface area contributed by atoms with Crippen LogP contribution in [0.25, 0.3) is 0 Å². The van der Waals surface area contributed by atoms with E-state index in [2.05, 4.69) is 94.4 Å².